The van der Waals surface area contributed by atoms with E-state index in [0.29, 0.717) is 0 Å². The van der Waals surface area contributed by atoms with E-state index in [-0.39, 0.29) is 69.7 Å². The molecule has 1 saturated heterocycles. The predicted molar refractivity (Wildman–Crippen MR) is 68.8 cm³/mol. The standard InChI is InChI=1S/C8H12N2O2.C6H5.U.Y/c1-7(9-6-11)8(12)10-4-2-3-5-10;1-2-4-6-5-3-1;;/h4,7H,2-3,5H2,1H3,(H,9,11);1-5H;;/q-2;-1;;. The normalized spacial score (nSPS) is 13.8. The molecule has 0 saturated carbocycles. The smallest absolute Gasteiger partial charge is 0.213 e. The number of nitrogens with one attached hydrogen (secondary N) is 1. The van der Waals surface area contributed by atoms with Gasteiger partial charge in [-0.05, 0) is 13.5 Å². The van der Waals surface area contributed by atoms with E-state index in [2.05, 4.69) is 11.4 Å². The van der Waals surface area contributed by atoms with E-state index >= 15 is 0 Å². The Morgan fingerprint density at radius 3 is 2.40 bits per heavy atom. The number of likely N-dealkylation sites (tertiary alicyclic amines) is 1. The van der Waals surface area contributed by atoms with E-state index in [1.165, 1.54) is 6.41 Å². The van der Waals surface area contributed by atoms with Crippen LogP contribution in [0.2, 0.25) is 0 Å². The van der Waals surface area contributed by atoms with E-state index in [9.17, 15) is 9.59 Å². The minimum Gasteiger partial charge on any atom is -0.520 e. The summed E-state index contributed by atoms with van der Waals surface area (Å²) < 4.78 is 0. The molecule has 0 spiro atoms. The summed E-state index contributed by atoms with van der Waals surface area (Å²) in [7, 11) is 0. The van der Waals surface area contributed by atoms with Crippen molar-refractivity contribution in [2.75, 3.05) is 6.54 Å². The summed E-state index contributed by atoms with van der Waals surface area (Å²) >= 11 is 0. The van der Waals surface area contributed by atoms with Gasteiger partial charge in [0.1, 0.15) is 0 Å². The molecule has 4 nitrogen and oxygen atoms in total. The fraction of sp³-hybridized carbons (Fsp3) is 0.357. The molecule has 0 aromatic heterocycles. The van der Waals surface area contributed by atoms with Crippen molar-refractivity contribution in [2.45, 2.75) is 25.8 Å². The molecule has 1 radical (unpaired) electrons. The Morgan fingerprint density at radius 1 is 1.40 bits per heavy atom. The summed E-state index contributed by atoms with van der Waals surface area (Å²) in [6.07, 6.45) is 3.48. The molecule has 2 rings (SSSR count). The number of nitrogens with zero attached hydrogens (tertiary/aromatic N) is 1. The number of benzene rings is 1. The van der Waals surface area contributed by atoms with Crippen molar-refractivity contribution < 1.29 is 73.4 Å². The quantitative estimate of drug-likeness (QED) is 0.439. The topological polar surface area (TPSA) is 49.4 Å². The van der Waals surface area contributed by atoms with Gasteiger partial charge in [0.15, 0.2) is 0 Å². The third-order valence-corrected chi connectivity index (χ3v) is 2.49. The number of carbonyl (C=O) groups excluding carboxylic acids is 2. The Morgan fingerprint density at radius 2 is 2.05 bits per heavy atom. The predicted octanol–water partition coefficient (Wildman–Crippen LogP) is 1.30. The molecule has 1 aliphatic heterocycles. The van der Waals surface area contributed by atoms with Crippen LogP contribution in [-0.2, 0) is 42.3 Å². The molecule has 1 aromatic carbocycles. The first kappa shape index (κ1) is 22.6. The molecule has 1 atom stereocenters. The second-order valence-corrected chi connectivity index (χ2v) is 3.90. The number of amides is 2. The van der Waals surface area contributed by atoms with Crippen LogP contribution in [0.4, 0.5) is 0 Å². The van der Waals surface area contributed by atoms with Crippen LogP contribution in [0, 0.1) is 43.7 Å². The molecule has 1 aliphatic rings. The Bertz CT molecular complexity index is 333. The van der Waals surface area contributed by atoms with Gasteiger partial charge in [0.25, 0.3) is 0 Å². The Kier molecular flexibility index (Phi) is 16.1. The fourth-order valence-electron chi connectivity index (χ4n) is 1.54. The minimum atomic E-state index is -0.461. The first-order chi connectivity index (χ1) is 8.75. The fourth-order valence-corrected chi connectivity index (χ4v) is 1.54. The molecule has 105 valence electrons. The van der Waals surface area contributed by atoms with Gasteiger partial charge in [-0.2, -0.15) is 49.2 Å². The molecule has 0 aliphatic carbocycles. The molecule has 2 amide bonds. The average molecular weight is 572 g/mol. The van der Waals surface area contributed by atoms with Crippen molar-refractivity contribution in [2.24, 2.45) is 0 Å². The molecule has 1 N–H and O–H groups in total. The second kappa shape index (κ2) is 14.3. The Balaban J connectivity index is 0. The van der Waals surface area contributed by atoms with Gasteiger partial charge in [0, 0.05) is 63.8 Å². The molecule has 1 unspecified atom stereocenters. The van der Waals surface area contributed by atoms with Gasteiger partial charge in [-0.25, -0.2) is 6.54 Å². The van der Waals surface area contributed by atoms with Gasteiger partial charge in [-0.3, -0.25) is 4.79 Å². The van der Waals surface area contributed by atoms with Crippen molar-refractivity contribution in [3.8, 4) is 0 Å². The van der Waals surface area contributed by atoms with Crippen molar-refractivity contribution in [1.82, 2.24) is 10.2 Å². The summed E-state index contributed by atoms with van der Waals surface area (Å²) in [6, 6.07) is 12.0. The van der Waals surface area contributed by atoms with Gasteiger partial charge >= 0.3 is 0 Å². The van der Waals surface area contributed by atoms with Gasteiger partial charge in [-0.15, -0.1) is 0 Å². The van der Waals surface area contributed by atoms with Crippen molar-refractivity contribution >= 4 is 12.3 Å². The van der Waals surface area contributed by atoms with Crippen LogP contribution in [-0.4, -0.2) is 29.8 Å². The molecule has 1 aromatic rings. The van der Waals surface area contributed by atoms with E-state index in [1.807, 2.05) is 36.9 Å². The summed E-state index contributed by atoms with van der Waals surface area (Å²) in [4.78, 5) is 23.0. The number of carbonyl (C=O) groups is 1. The van der Waals surface area contributed by atoms with Crippen LogP contribution in [0.3, 0.4) is 0 Å². The largest absolute Gasteiger partial charge is 0.520 e. The summed E-state index contributed by atoms with van der Waals surface area (Å²) in [5.74, 6) is -0.0594. The maximum atomic E-state index is 11.4. The first-order valence-electron chi connectivity index (χ1n) is 5.93. The first-order valence-corrected chi connectivity index (χ1v) is 5.93. The van der Waals surface area contributed by atoms with Crippen LogP contribution >= 0.6 is 0 Å². The SMILES string of the molecule is CC(N[C-]=O)C(=O)N1[CH-]CCC1.[U].[Y].[c-]1ccccc1. The van der Waals surface area contributed by atoms with Crippen molar-refractivity contribution in [3.05, 3.63) is 42.9 Å². The molecule has 1 fully saturated rings. The van der Waals surface area contributed by atoms with Gasteiger partial charge in [0.05, 0.1) is 6.04 Å². The number of rotatable bonds is 3. The van der Waals surface area contributed by atoms with Gasteiger partial charge in [0.2, 0.25) is 5.91 Å². The van der Waals surface area contributed by atoms with Gasteiger partial charge in [-0.1, -0.05) is 6.42 Å². The second-order valence-electron chi connectivity index (χ2n) is 3.90. The molecular formula is C14H17N2O2UY-3. The molecular weight excluding hydrogens is 555 g/mol. The van der Waals surface area contributed by atoms with Crippen molar-refractivity contribution in [1.29, 1.82) is 0 Å². The summed E-state index contributed by atoms with van der Waals surface area (Å²) in [5, 5.41) is 2.31. The van der Waals surface area contributed by atoms with Crippen LogP contribution < -0.4 is 5.32 Å². The van der Waals surface area contributed by atoms with Crippen LogP contribution in [0.15, 0.2) is 30.3 Å². The van der Waals surface area contributed by atoms with E-state index in [4.69, 9.17) is 0 Å². The zero-order chi connectivity index (χ0) is 13.2. The van der Waals surface area contributed by atoms with E-state index in [1.54, 1.807) is 11.8 Å². The van der Waals surface area contributed by atoms with E-state index < -0.39 is 6.04 Å². The monoisotopic (exact) mass is 572 g/mol. The zero-order valence-corrected chi connectivity index (χ0v) is 18.5. The van der Waals surface area contributed by atoms with Crippen LogP contribution in [0.25, 0.3) is 0 Å². The Hall–Kier alpha value is 0.316. The molecule has 6 heteroatoms. The van der Waals surface area contributed by atoms with Gasteiger partial charge < -0.3 is 15.0 Å². The van der Waals surface area contributed by atoms with Crippen LogP contribution in [0.1, 0.15) is 19.8 Å². The van der Waals surface area contributed by atoms with E-state index in [0.717, 1.165) is 19.4 Å². The maximum absolute atomic E-state index is 11.4. The summed E-state index contributed by atoms with van der Waals surface area (Å²) in [6.45, 7) is 4.29. The summed E-state index contributed by atoms with van der Waals surface area (Å²) in [5.41, 5.74) is 0. The average Bonchev–Trinajstić information content (AvgIpc) is 2.95. The molecule has 0 bridgehead atoms. The Labute approximate surface area is 169 Å². The van der Waals surface area contributed by atoms with Crippen molar-refractivity contribution in [3.63, 3.8) is 0 Å². The number of hydrogen-bond acceptors (Lipinski definition) is 2. The minimum absolute atomic E-state index is 0. The number of hydrogen-bond donors (Lipinski definition) is 1. The molecule has 20 heavy (non-hydrogen) atoms. The third-order valence-electron chi connectivity index (χ3n) is 2.49. The third kappa shape index (κ3) is 9.29. The molecule has 1 heterocycles. The maximum Gasteiger partial charge on any atom is 0.213 e. The van der Waals surface area contributed by atoms with Crippen LogP contribution in [0.5, 0.6) is 0 Å². The zero-order valence-electron chi connectivity index (χ0n) is 11.5.